The molecular weight excluding hydrogens is 496 g/mol. The van der Waals surface area contributed by atoms with Crippen molar-refractivity contribution in [3.63, 3.8) is 0 Å². The molecule has 0 bridgehead atoms. The summed E-state index contributed by atoms with van der Waals surface area (Å²) in [6.07, 6.45) is 3.41. The number of fused-ring (bicyclic) bond motifs is 1. The lowest BCUT2D eigenvalue weighted by molar-refractivity contribution is 0.313. The Kier molecular flexibility index (Phi) is 7.55. The van der Waals surface area contributed by atoms with Crippen molar-refractivity contribution in [2.24, 2.45) is 0 Å². The first kappa shape index (κ1) is 25.8. The molecule has 202 valence electrons. The summed E-state index contributed by atoms with van der Waals surface area (Å²) in [5.74, 6) is 0.467. The zero-order valence-corrected chi connectivity index (χ0v) is 22.8. The van der Waals surface area contributed by atoms with E-state index in [2.05, 4.69) is 87.8 Å². The summed E-state index contributed by atoms with van der Waals surface area (Å²) in [6, 6.07) is 32.3. The number of benzene rings is 3. The van der Waals surface area contributed by atoms with Crippen LogP contribution in [0.5, 0.6) is 0 Å². The van der Waals surface area contributed by atoms with Crippen molar-refractivity contribution >= 4 is 28.4 Å². The number of piperazine rings is 1. The number of hydrogen-bond donors (Lipinski definition) is 1. The van der Waals surface area contributed by atoms with E-state index in [0.29, 0.717) is 11.6 Å². The fraction of sp³-hybridized carbons (Fsp3) is 0.242. The zero-order chi connectivity index (χ0) is 27.3. The van der Waals surface area contributed by atoms with Crippen LogP contribution in [0.15, 0.2) is 108 Å². The maximum atomic E-state index is 13.4. The second-order valence-corrected chi connectivity index (χ2v) is 10.4. The molecule has 1 aliphatic heterocycles. The molecule has 3 aromatic carbocycles. The molecule has 5 aromatic rings. The molecular formula is C33H34N6O. The van der Waals surface area contributed by atoms with Gasteiger partial charge in [0.1, 0.15) is 5.65 Å². The van der Waals surface area contributed by atoms with Crippen molar-refractivity contribution in [3.05, 3.63) is 125 Å². The fourth-order valence-corrected chi connectivity index (χ4v) is 5.42. The number of aromatic nitrogens is 3. The highest BCUT2D eigenvalue weighted by Crippen LogP contribution is 2.27. The third-order valence-corrected chi connectivity index (χ3v) is 7.70. The van der Waals surface area contributed by atoms with Gasteiger partial charge < -0.3 is 15.1 Å². The Morgan fingerprint density at radius 1 is 0.825 bits per heavy atom. The van der Waals surface area contributed by atoms with Crippen LogP contribution in [0.3, 0.4) is 0 Å². The molecule has 0 spiro atoms. The summed E-state index contributed by atoms with van der Waals surface area (Å²) in [7, 11) is 2.17. The van der Waals surface area contributed by atoms with Gasteiger partial charge in [-0.2, -0.15) is 4.98 Å². The molecule has 1 N–H and O–H groups in total. The maximum Gasteiger partial charge on any atom is 0.252 e. The lowest BCUT2D eigenvalue weighted by Gasteiger charge is -2.34. The molecule has 3 heterocycles. The molecule has 0 saturated carbocycles. The Balaban J connectivity index is 1.31. The summed E-state index contributed by atoms with van der Waals surface area (Å²) in [4.78, 5) is 27.6. The van der Waals surface area contributed by atoms with Crippen LogP contribution in [-0.2, 0) is 6.42 Å². The molecule has 1 fully saturated rings. The molecule has 1 atom stereocenters. The monoisotopic (exact) mass is 530 g/mol. The Morgan fingerprint density at radius 3 is 2.25 bits per heavy atom. The van der Waals surface area contributed by atoms with E-state index in [1.54, 1.807) is 12.3 Å². The predicted octanol–water partition coefficient (Wildman–Crippen LogP) is 5.51. The van der Waals surface area contributed by atoms with Gasteiger partial charge in [0.15, 0.2) is 0 Å². The third-order valence-electron chi connectivity index (χ3n) is 7.70. The Bertz CT molecular complexity index is 1610. The number of anilines is 3. The molecule has 7 heteroatoms. The van der Waals surface area contributed by atoms with Crippen molar-refractivity contribution in [2.45, 2.75) is 18.9 Å². The Labute approximate surface area is 234 Å². The van der Waals surface area contributed by atoms with Gasteiger partial charge in [0.25, 0.3) is 5.56 Å². The molecule has 0 radical (unpaired) electrons. The van der Waals surface area contributed by atoms with Gasteiger partial charge in [-0.3, -0.25) is 9.36 Å². The summed E-state index contributed by atoms with van der Waals surface area (Å²) in [5, 5.41) is 4.18. The van der Waals surface area contributed by atoms with Gasteiger partial charge in [0, 0.05) is 55.2 Å². The summed E-state index contributed by atoms with van der Waals surface area (Å²) in [5.41, 5.74) is 5.01. The van der Waals surface area contributed by atoms with Gasteiger partial charge in [-0.05, 0) is 61.3 Å². The summed E-state index contributed by atoms with van der Waals surface area (Å²) in [6.45, 7) is 4.20. The van der Waals surface area contributed by atoms with Crippen molar-refractivity contribution < 1.29 is 0 Å². The van der Waals surface area contributed by atoms with Gasteiger partial charge in [-0.25, -0.2) is 4.98 Å². The van der Waals surface area contributed by atoms with Gasteiger partial charge in [0.05, 0.1) is 6.04 Å². The second-order valence-electron chi connectivity index (χ2n) is 10.4. The van der Waals surface area contributed by atoms with E-state index in [1.807, 2.05) is 34.9 Å². The number of nitrogens with one attached hydrogen (secondary N) is 1. The fourth-order valence-electron chi connectivity index (χ4n) is 5.42. The van der Waals surface area contributed by atoms with Crippen LogP contribution in [0.25, 0.3) is 11.0 Å². The quantitative estimate of drug-likeness (QED) is 0.285. The third kappa shape index (κ3) is 5.75. The van der Waals surface area contributed by atoms with Crippen LogP contribution in [0.2, 0.25) is 0 Å². The highest BCUT2D eigenvalue weighted by atomic mass is 16.1. The molecule has 0 amide bonds. The second kappa shape index (κ2) is 11.7. The molecule has 2 aromatic heterocycles. The van der Waals surface area contributed by atoms with E-state index in [0.717, 1.165) is 55.7 Å². The number of hydrogen-bond acceptors (Lipinski definition) is 6. The smallest absolute Gasteiger partial charge is 0.252 e. The van der Waals surface area contributed by atoms with Crippen molar-refractivity contribution in [2.75, 3.05) is 43.4 Å². The van der Waals surface area contributed by atoms with Gasteiger partial charge in [0.2, 0.25) is 5.95 Å². The molecule has 6 rings (SSSR count). The molecule has 7 nitrogen and oxygen atoms in total. The van der Waals surface area contributed by atoms with Crippen LogP contribution in [0, 0.1) is 0 Å². The highest BCUT2D eigenvalue weighted by Gasteiger charge is 2.19. The molecule has 1 saturated heterocycles. The van der Waals surface area contributed by atoms with Gasteiger partial charge in [-0.1, -0.05) is 60.7 Å². The Morgan fingerprint density at radius 2 is 1.52 bits per heavy atom. The number of aryl methyl sites for hydroxylation is 1. The Hall–Kier alpha value is -4.49. The first-order valence-corrected chi connectivity index (χ1v) is 13.9. The van der Waals surface area contributed by atoms with Crippen LogP contribution in [0.4, 0.5) is 17.3 Å². The average Bonchev–Trinajstić information content (AvgIpc) is 3.00. The lowest BCUT2D eigenvalue weighted by Crippen LogP contribution is -2.44. The summed E-state index contributed by atoms with van der Waals surface area (Å²) < 4.78 is 1.83. The maximum absolute atomic E-state index is 13.4. The van der Waals surface area contributed by atoms with E-state index in [1.165, 1.54) is 11.3 Å². The van der Waals surface area contributed by atoms with Crippen LogP contribution in [0.1, 0.15) is 23.6 Å². The standard InChI is InChI=1S/C33H34N6O/c1-37-20-22-38(23-21-37)29-16-14-28(15-17-29)35-33-34-24-27-13-19-31(40)39(32(27)36-33)30(26-10-6-3-7-11-26)18-12-25-8-4-2-5-9-25/h2-11,13-17,19,24,30H,12,18,20-23H2,1H3,(H,34,35,36). The SMILES string of the molecule is CN1CCN(c2ccc(Nc3ncc4ccc(=O)n(C(CCc5ccccc5)c5ccccc5)c4n3)cc2)CC1. The van der Waals surface area contributed by atoms with Crippen molar-refractivity contribution in [1.29, 1.82) is 0 Å². The van der Waals surface area contributed by atoms with Crippen molar-refractivity contribution in [1.82, 2.24) is 19.4 Å². The highest BCUT2D eigenvalue weighted by molar-refractivity contribution is 5.76. The average molecular weight is 531 g/mol. The lowest BCUT2D eigenvalue weighted by atomic mass is 9.98. The van der Waals surface area contributed by atoms with Gasteiger partial charge >= 0.3 is 0 Å². The van der Waals surface area contributed by atoms with Crippen LogP contribution >= 0.6 is 0 Å². The number of likely N-dealkylation sites (N-methyl/N-ethyl adjacent to an activating group) is 1. The van der Waals surface area contributed by atoms with E-state index in [4.69, 9.17) is 4.98 Å². The van der Waals surface area contributed by atoms with Crippen molar-refractivity contribution in [3.8, 4) is 0 Å². The minimum Gasteiger partial charge on any atom is -0.369 e. The van der Waals surface area contributed by atoms with Gasteiger partial charge in [-0.15, -0.1) is 0 Å². The summed E-state index contributed by atoms with van der Waals surface area (Å²) >= 11 is 0. The molecule has 1 aliphatic rings. The topological polar surface area (TPSA) is 66.3 Å². The van der Waals surface area contributed by atoms with E-state index in [-0.39, 0.29) is 11.6 Å². The van der Waals surface area contributed by atoms with E-state index >= 15 is 0 Å². The first-order chi connectivity index (χ1) is 19.6. The molecule has 1 unspecified atom stereocenters. The zero-order valence-electron chi connectivity index (χ0n) is 22.8. The number of nitrogens with zero attached hydrogens (tertiary/aromatic N) is 5. The van der Waals surface area contributed by atoms with Crippen LogP contribution < -0.4 is 15.8 Å². The van der Waals surface area contributed by atoms with E-state index in [9.17, 15) is 4.79 Å². The number of pyridine rings is 1. The van der Waals surface area contributed by atoms with Crippen LogP contribution in [-0.4, -0.2) is 52.7 Å². The minimum atomic E-state index is -0.164. The minimum absolute atomic E-state index is 0.0735. The number of rotatable bonds is 8. The predicted molar refractivity (Wildman–Crippen MR) is 163 cm³/mol. The molecule has 40 heavy (non-hydrogen) atoms. The normalized spacial score (nSPS) is 14.8. The largest absolute Gasteiger partial charge is 0.369 e. The molecule has 0 aliphatic carbocycles. The first-order valence-electron chi connectivity index (χ1n) is 13.9. The van der Waals surface area contributed by atoms with E-state index < -0.39 is 0 Å².